The van der Waals surface area contributed by atoms with E-state index in [-0.39, 0.29) is 18.7 Å². The van der Waals surface area contributed by atoms with Gasteiger partial charge < -0.3 is 14.8 Å². The van der Waals surface area contributed by atoms with Crippen molar-refractivity contribution in [3.63, 3.8) is 0 Å². The van der Waals surface area contributed by atoms with Gasteiger partial charge in [0.25, 0.3) is 0 Å². The van der Waals surface area contributed by atoms with Crippen molar-refractivity contribution in [3.8, 4) is 11.5 Å². The van der Waals surface area contributed by atoms with Crippen LogP contribution in [0.1, 0.15) is 31.4 Å². The van der Waals surface area contributed by atoms with E-state index in [4.69, 9.17) is 21.1 Å². The second-order valence-electron chi connectivity index (χ2n) is 4.19. The number of hydrogen-bond acceptors (Lipinski definition) is 3. The average molecular weight is 270 g/mol. The molecule has 0 fully saturated rings. The van der Waals surface area contributed by atoms with E-state index in [9.17, 15) is 4.79 Å². The number of nitrogens with one attached hydrogen (secondary N) is 1. The molecule has 1 aromatic carbocycles. The number of fused-ring (bicyclic) bond motifs is 1. The van der Waals surface area contributed by atoms with Gasteiger partial charge in [-0.3, -0.25) is 4.79 Å². The van der Waals surface area contributed by atoms with Crippen molar-refractivity contribution in [3.05, 3.63) is 23.8 Å². The van der Waals surface area contributed by atoms with Crippen molar-refractivity contribution in [1.82, 2.24) is 5.32 Å². The highest BCUT2D eigenvalue weighted by atomic mass is 35.5. The fraction of sp³-hybridized carbons (Fsp3) is 0.462. The molecule has 2 rings (SSSR count). The molecule has 0 saturated carbocycles. The van der Waals surface area contributed by atoms with E-state index in [2.05, 4.69) is 5.32 Å². The summed E-state index contributed by atoms with van der Waals surface area (Å²) in [6.07, 6.45) is 1.15. The van der Waals surface area contributed by atoms with Gasteiger partial charge >= 0.3 is 0 Å². The topological polar surface area (TPSA) is 47.6 Å². The number of hydrogen-bond donors (Lipinski definition) is 1. The molecule has 1 N–H and O–H groups in total. The fourth-order valence-electron chi connectivity index (χ4n) is 1.81. The molecule has 4 nitrogen and oxygen atoms in total. The average Bonchev–Trinajstić information content (AvgIpc) is 2.83. The Morgan fingerprint density at radius 3 is 3.00 bits per heavy atom. The Labute approximate surface area is 111 Å². The van der Waals surface area contributed by atoms with Gasteiger partial charge in [0.15, 0.2) is 11.5 Å². The molecule has 0 spiro atoms. The molecule has 1 unspecified atom stereocenters. The predicted molar refractivity (Wildman–Crippen MR) is 69.1 cm³/mol. The van der Waals surface area contributed by atoms with Crippen LogP contribution in [0.4, 0.5) is 0 Å². The van der Waals surface area contributed by atoms with E-state index in [1.807, 2.05) is 25.1 Å². The summed E-state index contributed by atoms with van der Waals surface area (Å²) >= 11 is 5.55. The number of carbonyl (C=O) groups excluding carboxylic acids is 1. The van der Waals surface area contributed by atoms with Crippen LogP contribution in [0.2, 0.25) is 0 Å². The molecular formula is C13H16ClNO3. The van der Waals surface area contributed by atoms with Gasteiger partial charge in [0.2, 0.25) is 12.7 Å². The monoisotopic (exact) mass is 269 g/mol. The summed E-state index contributed by atoms with van der Waals surface area (Å²) in [7, 11) is 0. The highest BCUT2D eigenvalue weighted by molar-refractivity contribution is 6.17. The molecule has 0 saturated heterocycles. The van der Waals surface area contributed by atoms with Gasteiger partial charge in [0.05, 0.1) is 6.04 Å². The van der Waals surface area contributed by atoms with Crippen LogP contribution in [0.25, 0.3) is 0 Å². The maximum absolute atomic E-state index is 11.6. The molecule has 0 aromatic heterocycles. The highest BCUT2D eigenvalue weighted by Crippen LogP contribution is 2.34. The maximum atomic E-state index is 11.6. The first kappa shape index (κ1) is 13.0. The van der Waals surface area contributed by atoms with Gasteiger partial charge in [-0.1, -0.05) is 6.07 Å². The van der Waals surface area contributed by atoms with Gasteiger partial charge in [-0.2, -0.15) is 0 Å². The van der Waals surface area contributed by atoms with E-state index >= 15 is 0 Å². The van der Waals surface area contributed by atoms with Crippen LogP contribution in [0.5, 0.6) is 11.5 Å². The second kappa shape index (κ2) is 5.96. The Hall–Kier alpha value is -1.42. The molecular weight excluding hydrogens is 254 g/mol. The van der Waals surface area contributed by atoms with Gasteiger partial charge in [0, 0.05) is 12.3 Å². The third kappa shape index (κ3) is 3.07. The third-order valence-electron chi connectivity index (χ3n) is 2.81. The zero-order valence-electron chi connectivity index (χ0n) is 10.2. The minimum Gasteiger partial charge on any atom is -0.454 e. The van der Waals surface area contributed by atoms with Crippen LogP contribution in [-0.2, 0) is 4.79 Å². The van der Waals surface area contributed by atoms with Gasteiger partial charge in [-0.15, -0.1) is 11.6 Å². The smallest absolute Gasteiger partial charge is 0.231 e. The SMILES string of the molecule is CC(NC(=O)CCCCl)c1ccc2c(c1)OCO2. The lowest BCUT2D eigenvalue weighted by Crippen LogP contribution is -2.26. The molecule has 0 radical (unpaired) electrons. The summed E-state index contributed by atoms with van der Waals surface area (Å²) in [5.74, 6) is 2.00. The first-order chi connectivity index (χ1) is 8.70. The summed E-state index contributed by atoms with van der Waals surface area (Å²) in [5, 5.41) is 2.93. The molecule has 1 atom stereocenters. The fourth-order valence-corrected chi connectivity index (χ4v) is 1.94. The molecule has 1 aliphatic heterocycles. The van der Waals surface area contributed by atoms with Gasteiger partial charge in [-0.25, -0.2) is 0 Å². The molecule has 1 aliphatic rings. The number of benzene rings is 1. The zero-order valence-corrected chi connectivity index (χ0v) is 11.0. The summed E-state index contributed by atoms with van der Waals surface area (Å²) in [4.78, 5) is 11.6. The number of amides is 1. The summed E-state index contributed by atoms with van der Waals surface area (Å²) in [5.41, 5.74) is 0.999. The maximum Gasteiger partial charge on any atom is 0.231 e. The summed E-state index contributed by atoms with van der Waals surface area (Å²) < 4.78 is 10.5. The van der Waals surface area contributed by atoms with Crippen molar-refractivity contribution in [1.29, 1.82) is 0 Å². The zero-order chi connectivity index (χ0) is 13.0. The van der Waals surface area contributed by atoms with Crippen molar-refractivity contribution in [2.24, 2.45) is 0 Å². The lowest BCUT2D eigenvalue weighted by atomic mass is 10.1. The van der Waals surface area contributed by atoms with Crippen LogP contribution in [0, 0.1) is 0 Å². The highest BCUT2D eigenvalue weighted by Gasteiger charge is 2.16. The van der Waals surface area contributed by atoms with Gasteiger partial charge in [0.1, 0.15) is 0 Å². The first-order valence-electron chi connectivity index (χ1n) is 5.95. The van der Waals surface area contributed by atoms with E-state index in [0.29, 0.717) is 18.7 Å². The van der Waals surface area contributed by atoms with E-state index in [1.54, 1.807) is 0 Å². The molecule has 5 heteroatoms. The molecule has 18 heavy (non-hydrogen) atoms. The van der Waals surface area contributed by atoms with Crippen LogP contribution >= 0.6 is 11.6 Å². The Morgan fingerprint density at radius 1 is 1.44 bits per heavy atom. The van der Waals surface area contributed by atoms with Crippen molar-refractivity contribution < 1.29 is 14.3 Å². The molecule has 0 aliphatic carbocycles. The minimum atomic E-state index is -0.0534. The minimum absolute atomic E-state index is 0.0146. The van der Waals surface area contributed by atoms with E-state index in [0.717, 1.165) is 17.1 Å². The van der Waals surface area contributed by atoms with Gasteiger partial charge in [-0.05, 0) is 31.0 Å². The molecule has 1 amide bonds. The quantitative estimate of drug-likeness (QED) is 0.836. The summed E-state index contributed by atoms with van der Waals surface area (Å²) in [6.45, 7) is 2.20. The standard InChI is InChI=1S/C13H16ClNO3/c1-9(15-13(16)3-2-6-14)10-4-5-11-12(7-10)18-8-17-11/h4-5,7,9H,2-3,6,8H2,1H3,(H,15,16). The van der Waals surface area contributed by atoms with Crippen molar-refractivity contribution in [2.75, 3.05) is 12.7 Å². The molecule has 98 valence electrons. The Bertz CT molecular complexity index is 436. The number of halogens is 1. The largest absolute Gasteiger partial charge is 0.454 e. The van der Waals surface area contributed by atoms with Crippen LogP contribution in [0.3, 0.4) is 0 Å². The predicted octanol–water partition coefficient (Wildman–Crippen LogP) is 2.61. The Balaban J connectivity index is 1.96. The Kier molecular flexibility index (Phi) is 4.31. The first-order valence-corrected chi connectivity index (χ1v) is 6.49. The normalized spacial score (nSPS) is 14.3. The van der Waals surface area contributed by atoms with Crippen LogP contribution in [0.15, 0.2) is 18.2 Å². The van der Waals surface area contributed by atoms with E-state index in [1.165, 1.54) is 0 Å². The number of ether oxygens (including phenoxy) is 2. The van der Waals surface area contributed by atoms with Crippen molar-refractivity contribution in [2.45, 2.75) is 25.8 Å². The lowest BCUT2D eigenvalue weighted by Gasteiger charge is -2.14. The van der Waals surface area contributed by atoms with E-state index < -0.39 is 0 Å². The van der Waals surface area contributed by atoms with Crippen LogP contribution < -0.4 is 14.8 Å². The molecule has 1 heterocycles. The third-order valence-corrected chi connectivity index (χ3v) is 3.08. The molecule has 0 bridgehead atoms. The molecule has 1 aromatic rings. The van der Waals surface area contributed by atoms with Crippen LogP contribution in [-0.4, -0.2) is 18.6 Å². The second-order valence-corrected chi connectivity index (χ2v) is 4.57. The lowest BCUT2D eigenvalue weighted by molar-refractivity contribution is -0.121. The summed E-state index contributed by atoms with van der Waals surface area (Å²) in [6, 6.07) is 5.64. The number of rotatable bonds is 5. The Morgan fingerprint density at radius 2 is 2.22 bits per heavy atom. The number of alkyl halides is 1. The van der Waals surface area contributed by atoms with Crippen molar-refractivity contribution >= 4 is 17.5 Å². The number of carbonyl (C=O) groups is 1.